The normalized spacial score (nSPS) is 35.1. The first-order valence-corrected chi connectivity index (χ1v) is 6.58. The third-order valence-corrected chi connectivity index (χ3v) is 4.12. The number of carbonyl (C=O) groups excluding carboxylic acids is 1. The van der Waals surface area contributed by atoms with Crippen LogP contribution in [0.15, 0.2) is 0 Å². The molecule has 2 aliphatic carbocycles. The summed E-state index contributed by atoms with van der Waals surface area (Å²) in [6, 6.07) is 0. The van der Waals surface area contributed by atoms with Crippen molar-refractivity contribution in [3.8, 4) is 0 Å². The zero-order valence-electron chi connectivity index (χ0n) is 10.8. The molecular formula is C13H22O5. The number of aliphatic hydroxyl groups is 1. The molecule has 0 aliphatic heterocycles. The fourth-order valence-electron chi connectivity index (χ4n) is 3.20. The van der Waals surface area contributed by atoms with Gasteiger partial charge in [-0.2, -0.15) is 0 Å². The molecule has 0 aromatic carbocycles. The van der Waals surface area contributed by atoms with Crippen molar-refractivity contribution in [1.29, 1.82) is 0 Å². The Morgan fingerprint density at radius 3 is 2.89 bits per heavy atom. The van der Waals surface area contributed by atoms with E-state index in [0.29, 0.717) is 31.5 Å². The van der Waals surface area contributed by atoms with E-state index >= 15 is 0 Å². The van der Waals surface area contributed by atoms with Crippen molar-refractivity contribution in [2.45, 2.75) is 25.4 Å². The molecule has 2 fully saturated rings. The van der Waals surface area contributed by atoms with Gasteiger partial charge in [-0.3, -0.25) is 4.79 Å². The van der Waals surface area contributed by atoms with E-state index in [-0.39, 0.29) is 31.2 Å². The molecule has 1 N–H and O–H groups in total. The molecule has 0 heterocycles. The molecular weight excluding hydrogens is 236 g/mol. The Kier molecular flexibility index (Phi) is 5.12. The number of carbonyl (C=O) groups is 1. The fourth-order valence-corrected chi connectivity index (χ4v) is 3.20. The minimum Gasteiger partial charge on any atom is -0.396 e. The average molecular weight is 258 g/mol. The maximum absolute atomic E-state index is 11.6. The molecule has 4 atom stereocenters. The maximum atomic E-state index is 11.6. The molecule has 2 saturated carbocycles. The zero-order chi connectivity index (χ0) is 13.0. The van der Waals surface area contributed by atoms with Gasteiger partial charge in [-0.05, 0) is 24.7 Å². The van der Waals surface area contributed by atoms with Crippen LogP contribution in [0.4, 0.5) is 0 Å². The summed E-state index contributed by atoms with van der Waals surface area (Å²) in [6.45, 7) is 1.37. The van der Waals surface area contributed by atoms with Gasteiger partial charge in [-0.15, -0.1) is 0 Å². The maximum Gasteiger partial charge on any atom is 0.147 e. The number of hydrogen-bond donors (Lipinski definition) is 1. The van der Waals surface area contributed by atoms with Gasteiger partial charge < -0.3 is 19.3 Å². The third-order valence-electron chi connectivity index (χ3n) is 4.12. The van der Waals surface area contributed by atoms with Crippen LogP contribution < -0.4 is 0 Å². The number of ether oxygens (including phenoxy) is 3. The van der Waals surface area contributed by atoms with Gasteiger partial charge in [0.1, 0.15) is 12.6 Å². The molecule has 0 spiro atoms. The van der Waals surface area contributed by atoms with Crippen molar-refractivity contribution in [2.75, 3.05) is 33.7 Å². The van der Waals surface area contributed by atoms with Crippen molar-refractivity contribution in [3.63, 3.8) is 0 Å². The van der Waals surface area contributed by atoms with E-state index in [2.05, 4.69) is 0 Å². The topological polar surface area (TPSA) is 65.0 Å². The predicted octanol–water partition coefficient (Wildman–Crippen LogP) is 0.600. The van der Waals surface area contributed by atoms with Gasteiger partial charge in [0.2, 0.25) is 0 Å². The van der Waals surface area contributed by atoms with Crippen molar-refractivity contribution in [2.24, 2.45) is 17.8 Å². The molecule has 0 radical (unpaired) electrons. The number of aliphatic hydroxyl groups excluding tert-OH is 1. The lowest BCUT2D eigenvalue weighted by atomic mass is 9.92. The zero-order valence-corrected chi connectivity index (χ0v) is 10.8. The van der Waals surface area contributed by atoms with Crippen LogP contribution in [-0.4, -0.2) is 50.7 Å². The lowest BCUT2D eigenvalue weighted by Crippen LogP contribution is -2.21. The van der Waals surface area contributed by atoms with E-state index in [0.717, 1.165) is 12.8 Å². The number of methoxy groups -OCH3 is 1. The van der Waals surface area contributed by atoms with Crippen molar-refractivity contribution in [3.05, 3.63) is 0 Å². The summed E-state index contributed by atoms with van der Waals surface area (Å²) in [6.07, 6.45) is 2.57. The molecule has 0 amide bonds. The molecule has 2 aliphatic rings. The highest BCUT2D eigenvalue weighted by molar-refractivity contribution is 5.84. The van der Waals surface area contributed by atoms with Gasteiger partial charge in [-0.25, -0.2) is 0 Å². The molecule has 5 nitrogen and oxygen atoms in total. The minimum absolute atomic E-state index is 0.0168. The van der Waals surface area contributed by atoms with E-state index < -0.39 is 0 Å². The Bertz CT molecular complexity index is 281. The van der Waals surface area contributed by atoms with Gasteiger partial charge in [0.15, 0.2) is 0 Å². The highest BCUT2D eigenvalue weighted by atomic mass is 16.7. The van der Waals surface area contributed by atoms with Crippen molar-refractivity contribution < 1.29 is 24.1 Å². The summed E-state index contributed by atoms with van der Waals surface area (Å²) >= 11 is 0. The quantitative estimate of drug-likeness (QED) is 0.535. The lowest BCUT2D eigenvalue weighted by Gasteiger charge is -2.15. The summed E-state index contributed by atoms with van der Waals surface area (Å²) in [4.78, 5) is 11.6. The second kappa shape index (κ2) is 6.61. The fraction of sp³-hybridized carbons (Fsp3) is 0.923. The summed E-state index contributed by atoms with van der Waals surface area (Å²) < 4.78 is 15.8. The Morgan fingerprint density at radius 2 is 2.17 bits per heavy atom. The van der Waals surface area contributed by atoms with Crippen molar-refractivity contribution in [1.82, 2.24) is 0 Å². The first kappa shape index (κ1) is 13.9. The molecule has 0 aromatic rings. The van der Waals surface area contributed by atoms with E-state index in [1.54, 1.807) is 7.11 Å². The summed E-state index contributed by atoms with van der Waals surface area (Å²) in [5, 5.41) is 9.24. The Balaban J connectivity index is 1.68. The van der Waals surface area contributed by atoms with Crippen LogP contribution in [0.25, 0.3) is 0 Å². The Hall–Kier alpha value is -0.490. The van der Waals surface area contributed by atoms with Gasteiger partial charge >= 0.3 is 0 Å². The highest BCUT2D eigenvalue weighted by Crippen LogP contribution is 2.46. The van der Waals surface area contributed by atoms with Gasteiger partial charge in [0.05, 0.1) is 25.9 Å². The summed E-state index contributed by atoms with van der Waals surface area (Å²) in [5.41, 5.74) is 0. The van der Waals surface area contributed by atoms with Crippen LogP contribution in [0.2, 0.25) is 0 Å². The summed E-state index contributed by atoms with van der Waals surface area (Å²) in [5.74, 6) is 0.783. The Labute approximate surface area is 107 Å². The molecule has 104 valence electrons. The summed E-state index contributed by atoms with van der Waals surface area (Å²) in [7, 11) is 1.63. The van der Waals surface area contributed by atoms with E-state index in [9.17, 15) is 9.90 Å². The van der Waals surface area contributed by atoms with Gasteiger partial charge in [0.25, 0.3) is 0 Å². The van der Waals surface area contributed by atoms with Crippen LogP contribution in [0.3, 0.4) is 0 Å². The number of rotatable bonds is 7. The average Bonchev–Trinajstić information content (AvgIpc) is 2.84. The second-order valence-electron chi connectivity index (χ2n) is 5.16. The number of ketones is 1. The molecule has 0 aromatic heterocycles. The van der Waals surface area contributed by atoms with Crippen LogP contribution >= 0.6 is 0 Å². The first-order valence-electron chi connectivity index (χ1n) is 6.58. The molecule has 2 rings (SSSR count). The standard InChI is InChI=1S/C13H22O5/c1-16-2-3-17-8-18-10-4-9-5-13(15)12(7-14)11(9)6-10/h9-12,14H,2-8H2,1H3/t9-,10-,11-,12+/m0/s1. The van der Waals surface area contributed by atoms with Crippen LogP contribution in [0.1, 0.15) is 19.3 Å². The second-order valence-corrected chi connectivity index (χ2v) is 5.16. The third kappa shape index (κ3) is 3.09. The van der Waals surface area contributed by atoms with E-state index in [4.69, 9.17) is 14.2 Å². The first-order chi connectivity index (χ1) is 8.76. The monoisotopic (exact) mass is 258 g/mol. The van der Waals surface area contributed by atoms with Gasteiger partial charge in [-0.1, -0.05) is 0 Å². The highest BCUT2D eigenvalue weighted by Gasteiger charge is 2.47. The minimum atomic E-state index is -0.155. The molecule has 5 heteroatoms. The lowest BCUT2D eigenvalue weighted by molar-refractivity contribution is -0.123. The van der Waals surface area contributed by atoms with Crippen LogP contribution in [0.5, 0.6) is 0 Å². The number of fused-ring (bicyclic) bond motifs is 1. The smallest absolute Gasteiger partial charge is 0.147 e. The largest absolute Gasteiger partial charge is 0.396 e. The van der Waals surface area contributed by atoms with Crippen LogP contribution in [0, 0.1) is 17.8 Å². The SMILES string of the molecule is COCCOCO[C@H]1C[C@H]2CC(=O)[C@H](CO)[C@H]2C1. The Morgan fingerprint density at radius 1 is 1.33 bits per heavy atom. The van der Waals surface area contributed by atoms with E-state index in [1.165, 1.54) is 0 Å². The number of hydrogen-bond acceptors (Lipinski definition) is 5. The molecule has 0 unspecified atom stereocenters. The predicted molar refractivity (Wildman–Crippen MR) is 64.0 cm³/mol. The molecule has 0 bridgehead atoms. The molecule has 0 saturated heterocycles. The molecule has 18 heavy (non-hydrogen) atoms. The van der Waals surface area contributed by atoms with E-state index in [1.807, 2.05) is 0 Å². The van der Waals surface area contributed by atoms with Gasteiger partial charge in [0, 0.05) is 19.4 Å². The van der Waals surface area contributed by atoms with Crippen LogP contribution in [-0.2, 0) is 19.0 Å². The number of Topliss-reactive ketones (excluding diaryl/α,β-unsaturated/α-hetero) is 1. The van der Waals surface area contributed by atoms with Crippen molar-refractivity contribution >= 4 is 5.78 Å².